The van der Waals surface area contributed by atoms with Crippen molar-refractivity contribution in [2.24, 2.45) is 10.9 Å². The van der Waals surface area contributed by atoms with Crippen LogP contribution in [0.5, 0.6) is 11.5 Å². The molecule has 0 bridgehead atoms. The van der Waals surface area contributed by atoms with E-state index < -0.39 is 42.8 Å². The van der Waals surface area contributed by atoms with Gasteiger partial charge in [0.05, 0.1) is 16.4 Å². The van der Waals surface area contributed by atoms with Gasteiger partial charge in [0.2, 0.25) is 0 Å². The van der Waals surface area contributed by atoms with Crippen molar-refractivity contribution in [3.8, 4) is 11.5 Å². The summed E-state index contributed by atoms with van der Waals surface area (Å²) in [6, 6.07) is 7.38. The second-order valence-corrected chi connectivity index (χ2v) is 14.7. The fourth-order valence-electron chi connectivity index (χ4n) is 5.72. The van der Waals surface area contributed by atoms with Crippen LogP contribution in [-0.4, -0.2) is 48.5 Å². The summed E-state index contributed by atoms with van der Waals surface area (Å²) in [5, 5.41) is 4.74. The van der Waals surface area contributed by atoms with Crippen LogP contribution in [0, 0.1) is 5.92 Å². The maximum atomic E-state index is 11.8. The fraction of sp³-hybridized carbons (Fsp3) is 0.393. The van der Waals surface area contributed by atoms with Gasteiger partial charge in [0.25, 0.3) is 20.2 Å². The average molecular weight is 573 g/mol. The maximum Gasteiger partial charge on any atom is 0.269 e. The van der Waals surface area contributed by atoms with Gasteiger partial charge in [-0.1, -0.05) is 26.0 Å². The Bertz CT molecular complexity index is 1830. The predicted molar refractivity (Wildman–Crippen MR) is 152 cm³/mol. The van der Waals surface area contributed by atoms with Crippen LogP contribution in [-0.2, 0) is 20.2 Å². The van der Waals surface area contributed by atoms with Gasteiger partial charge in [0.15, 0.2) is 0 Å². The quantitative estimate of drug-likeness (QED) is 0.459. The lowest BCUT2D eigenvalue weighted by atomic mass is 9.84. The van der Waals surface area contributed by atoms with Crippen LogP contribution < -0.4 is 20.6 Å². The Labute approximate surface area is 228 Å². The molecule has 2 aromatic carbocycles. The van der Waals surface area contributed by atoms with E-state index in [0.717, 1.165) is 16.4 Å². The molecule has 0 unspecified atom stereocenters. The molecule has 0 spiro atoms. The van der Waals surface area contributed by atoms with Crippen LogP contribution in [0.15, 0.2) is 41.4 Å². The number of ether oxygens (including phenoxy) is 1. The normalized spacial score (nSPS) is 18.8. The van der Waals surface area contributed by atoms with Crippen LogP contribution >= 0.6 is 0 Å². The third-order valence-corrected chi connectivity index (χ3v) is 8.24. The van der Waals surface area contributed by atoms with E-state index in [4.69, 9.17) is 9.73 Å². The van der Waals surface area contributed by atoms with E-state index in [2.05, 4.69) is 5.32 Å². The zero-order valence-corrected chi connectivity index (χ0v) is 24.3. The number of anilines is 1. The van der Waals surface area contributed by atoms with E-state index in [9.17, 15) is 25.9 Å². The lowest BCUT2D eigenvalue weighted by Gasteiger charge is -2.34. The molecule has 0 atom stereocenters. The van der Waals surface area contributed by atoms with Crippen molar-refractivity contribution in [1.29, 1.82) is 0 Å². The zero-order valence-electron chi connectivity index (χ0n) is 22.7. The smallest absolute Gasteiger partial charge is 0.269 e. The third kappa shape index (κ3) is 5.54. The molecule has 0 aromatic heterocycles. The molecule has 9 nitrogen and oxygen atoms in total. The number of rotatable bonds is 5. The molecule has 0 saturated carbocycles. The Balaban J connectivity index is 1.78. The number of nitrogens with zero attached hydrogens (tertiary/aromatic N) is 1. The van der Waals surface area contributed by atoms with E-state index >= 15 is 0 Å². The minimum Gasteiger partial charge on any atom is -0.456 e. The highest BCUT2D eigenvalue weighted by Crippen LogP contribution is 2.44. The summed E-state index contributed by atoms with van der Waals surface area (Å²) >= 11 is 0. The van der Waals surface area contributed by atoms with Crippen LogP contribution in [0.4, 0.5) is 5.69 Å². The first-order valence-electron chi connectivity index (χ1n) is 12.6. The van der Waals surface area contributed by atoms with Gasteiger partial charge in [-0.15, -0.1) is 0 Å². The Morgan fingerprint density at radius 1 is 0.846 bits per heavy atom. The molecule has 0 fully saturated rings. The van der Waals surface area contributed by atoms with Crippen molar-refractivity contribution < 1.29 is 30.7 Å². The summed E-state index contributed by atoms with van der Waals surface area (Å²) in [6.07, 6.45) is 3.55. The van der Waals surface area contributed by atoms with Crippen LogP contribution in [0.3, 0.4) is 0 Å². The first kappa shape index (κ1) is 27.6. The van der Waals surface area contributed by atoms with Crippen molar-refractivity contribution in [3.63, 3.8) is 0 Å². The fourth-order valence-corrected chi connectivity index (χ4v) is 6.98. The lowest BCUT2D eigenvalue weighted by molar-refractivity contribution is 0.468. The largest absolute Gasteiger partial charge is 0.456 e. The summed E-state index contributed by atoms with van der Waals surface area (Å²) in [5.41, 5.74) is 3.35. The predicted octanol–water partition coefficient (Wildman–Crippen LogP) is 3.81. The molecule has 0 radical (unpaired) electrons. The van der Waals surface area contributed by atoms with E-state index in [-0.39, 0.29) is 5.92 Å². The number of hydrogen-bond acceptors (Lipinski definition) is 7. The molecule has 208 valence electrons. The summed E-state index contributed by atoms with van der Waals surface area (Å²) in [5.74, 6) is 0.111. The van der Waals surface area contributed by atoms with Crippen molar-refractivity contribution >= 4 is 42.6 Å². The van der Waals surface area contributed by atoms with Crippen LogP contribution in [0.1, 0.15) is 58.2 Å². The topological polar surface area (TPSA) is 142 Å². The van der Waals surface area contributed by atoms with Gasteiger partial charge in [-0.25, -0.2) is 0 Å². The molecule has 3 heterocycles. The van der Waals surface area contributed by atoms with Crippen LogP contribution in [0.2, 0.25) is 0 Å². The number of nitrogens with one attached hydrogen (secondary N) is 1. The Hall–Kier alpha value is -2.99. The molecule has 3 N–H and O–H groups in total. The van der Waals surface area contributed by atoms with Gasteiger partial charge < -0.3 is 10.1 Å². The summed E-state index contributed by atoms with van der Waals surface area (Å²) in [7, 11) is -8.57. The molecular weight excluding hydrogens is 540 g/mol. The summed E-state index contributed by atoms with van der Waals surface area (Å²) in [6.45, 7) is 11.6. The summed E-state index contributed by atoms with van der Waals surface area (Å²) < 4.78 is 73.0. The minimum absolute atomic E-state index is 0.00969. The third-order valence-electron chi connectivity index (χ3n) is 6.89. The first-order chi connectivity index (χ1) is 17.8. The Morgan fingerprint density at radius 3 is 2.05 bits per heavy atom. The second-order valence-electron chi connectivity index (χ2n) is 11.8. The van der Waals surface area contributed by atoms with Crippen molar-refractivity contribution in [2.75, 3.05) is 16.8 Å². The van der Waals surface area contributed by atoms with Gasteiger partial charge in [-0.3, -0.25) is 14.1 Å². The average Bonchev–Trinajstić information content (AvgIpc) is 2.71. The van der Waals surface area contributed by atoms with E-state index in [1.54, 1.807) is 18.2 Å². The molecule has 3 aliphatic heterocycles. The number of hydrogen-bond donors (Lipinski definition) is 3. The molecule has 0 saturated heterocycles. The number of benzene rings is 2. The van der Waals surface area contributed by atoms with Gasteiger partial charge in [0.1, 0.15) is 23.0 Å². The van der Waals surface area contributed by atoms with Crippen molar-refractivity contribution in [3.05, 3.63) is 63.7 Å². The SMILES string of the molecule is CC(C)C1=c2cc3c(cc2Oc2cc4c(cc21)C(CS(=O)(=O)O)=CC(C)(C)N4)=NC(C)(C)C=C3CS(=O)(=O)O. The molecule has 11 heteroatoms. The highest BCUT2D eigenvalue weighted by Gasteiger charge is 2.32. The molecule has 0 aliphatic carbocycles. The van der Waals surface area contributed by atoms with E-state index in [1.807, 2.05) is 59.7 Å². The summed E-state index contributed by atoms with van der Waals surface area (Å²) in [4.78, 5) is 4.78. The second kappa shape index (κ2) is 8.76. The molecule has 0 amide bonds. The van der Waals surface area contributed by atoms with E-state index in [1.165, 1.54) is 0 Å². The highest BCUT2D eigenvalue weighted by atomic mass is 32.2. The zero-order chi connectivity index (χ0) is 28.7. The monoisotopic (exact) mass is 572 g/mol. The molecule has 3 aliphatic rings. The Kier molecular flexibility index (Phi) is 6.19. The van der Waals surface area contributed by atoms with Gasteiger partial charge in [-0.05, 0) is 62.5 Å². The van der Waals surface area contributed by atoms with Crippen LogP contribution in [0.25, 0.3) is 16.7 Å². The van der Waals surface area contributed by atoms with Gasteiger partial charge >= 0.3 is 0 Å². The highest BCUT2D eigenvalue weighted by molar-refractivity contribution is 7.86. The Morgan fingerprint density at radius 2 is 1.46 bits per heavy atom. The minimum atomic E-state index is -4.29. The molecular formula is C28H32N2O7S2. The molecule has 5 rings (SSSR count). The van der Waals surface area contributed by atoms with Crippen molar-refractivity contribution in [2.45, 2.75) is 52.6 Å². The lowest BCUT2D eigenvalue weighted by Crippen LogP contribution is -2.33. The number of fused-ring (bicyclic) bond motifs is 4. The first-order valence-corrected chi connectivity index (χ1v) is 15.8. The molecule has 39 heavy (non-hydrogen) atoms. The van der Waals surface area contributed by atoms with Crippen molar-refractivity contribution in [1.82, 2.24) is 0 Å². The maximum absolute atomic E-state index is 11.8. The standard InChI is InChI=1S/C28H32N2O7S2/c1-15(2)26-20-7-18-16(13-38(31,32)33)11-27(3,4)29-22(18)9-24(20)37-25-10-23-19(8-21(25)26)17(14-39(34,35)36)12-28(5,6)30-23/h7-12,15,29H,13-14H2,1-6H3,(H,31,32,33)(H,34,35,36). The van der Waals surface area contributed by atoms with Gasteiger partial charge in [0, 0.05) is 39.7 Å². The molecule has 2 aromatic rings. The van der Waals surface area contributed by atoms with Gasteiger partial charge in [-0.2, -0.15) is 16.8 Å². The van der Waals surface area contributed by atoms with E-state index in [0.29, 0.717) is 44.8 Å².